The molecule has 0 saturated heterocycles. The molecule has 6 heteroatoms. The average Bonchev–Trinajstić information content (AvgIpc) is 2.48. The van der Waals surface area contributed by atoms with E-state index in [-0.39, 0.29) is 24.3 Å². The second kappa shape index (κ2) is 8.18. The van der Waals surface area contributed by atoms with E-state index in [1.807, 2.05) is 19.1 Å². The van der Waals surface area contributed by atoms with Gasteiger partial charge in [-0.2, -0.15) is 0 Å². The van der Waals surface area contributed by atoms with Crippen molar-refractivity contribution in [3.8, 4) is 0 Å². The van der Waals surface area contributed by atoms with Gasteiger partial charge in [0.15, 0.2) is 0 Å². The van der Waals surface area contributed by atoms with Gasteiger partial charge in [0.2, 0.25) is 11.8 Å². The zero-order valence-corrected chi connectivity index (χ0v) is 14.9. The topological polar surface area (TPSA) is 58.2 Å². The minimum absolute atomic E-state index is 0.110. The van der Waals surface area contributed by atoms with E-state index in [4.69, 9.17) is 23.2 Å². The molecule has 0 spiro atoms. The summed E-state index contributed by atoms with van der Waals surface area (Å²) in [4.78, 5) is 23.2. The predicted octanol–water partition coefficient (Wildman–Crippen LogP) is 4.37. The molecule has 0 bridgehead atoms. The van der Waals surface area contributed by atoms with Crippen LogP contribution in [0.25, 0.3) is 0 Å². The highest BCUT2D eigenvalue weighted by molar-refractivity contribution is 6.35. The first kappa shape index (κ1) is 18.3. The third kappa shape index (κ3) is 5.25. The Hall–Kier alpha value is -2.04. The highest BCUT2D eigenvalue weighted by atomic mass is 35.5. The highest BCUT2D eigenvalue weighted by Gasteiger charge is 2.13. The van der Waals surface area contributed by atoms with Gasteiger partial charge in [0.05, 0.1) is 12.5 Å². The molecule has 0 unspecified atom stereocenters. The Morgan fingerprint density at radius 2 is 1.75 bits per heavy atom. The lowest BCUT2D eigenvalue weighted by molar-refractivity contribution is -0.121. The summed E-state index contributed by atoms with van der Waals surface area (Å²) in [6.07, 6.45) is 0.246. The van der Waals surface area contributed by atoms with Crippen molar-refractivity contribution in [1.29, 1.82) is 0 Å². The second-order valence-corrected chi connectivity index (χ2v) is 6.35. The first-order chi connectivity index (χ1) is 11.3. The van der Waals surface area contributed by atoms with Crippen molar-refractivity contribution in [2.24, 2.45) is 0 Å². The SMILES string of the molecule is CC(=O)Nc1ccc(CC(=O)N[C@H](C)c2ccc(Cl)cc2Cl)cc1. The Morgan fingerprint density at radius 3 is 2.33 bits per heavy atom. The normalized spacial score (nSPS) is 11.7. The van der Waals surface area contributed by atoms with Crippen LogP contribution in [0.2, 0.25) is 10.0 Å². The van der Waals surface area contributed by atoms with Crippen molar-refractivity contribution >= 4 is 40.7 Å². The number of hydrogen-bond donors (Lipinski definition) is 2. The van der Waals surface area contributed by atoms with Gasteiger partial charge in [-0.05, 0) is 42.3 Å². The molecule has 2 amide bonds. The largest absolute Gasteiger partial charge is 0.349 e. The van der Waals surface area contributed by atoms with E-state index in [0.29, 0.717) is 15.7 Å². The molecule has 0 aliphatic carbocycles. The summed E-state index contributed by atoms with van der Waals surface area (Å²) in [5.74, 6) is -0.241. The van der Waals surface area contributed by atoms with E-state index >= 15 is 0 Å². The van der Waals surface area contributed by atoms with Crippen LogP contribution in [-0.2, 0) is 16.0 Å². The fourth-order valence-corrected chi connectivity index (χ4v) is 2.89. The number of amides is 2. The number of rotatable bonds is 5. The van der Waals surface area contributed by atoms with E-state index in [1.54, 1.807) is 30.3 Å². The molecule has 126 valence electrons. The number of benzene rings is 2. The quantitative estimate of drug-likeness (QED) is 0.827. The lowest BCUT2D eigenvalue weighted by atomic mass is 10.1. The molecule has 0 aromatic heterocycles. The zero-order valence-electron chi connectivity index (χ0n) is 13.4. The molecule has 2 N–H and O–H groups in total. The number of hydrogen-bond acceptors (Lipinski definition) is 2. The van der Waals surface area contributed by atoms with Crippen molar-refractivity contribution in [3.05, 3.63) is 63.6 Å². The Bertz CT molecular complexity index is 745. The van der Waals surface area contributed by atoms with Gasteiger partial charge in [0, 0.05) is 22.7 Å². The van der Waals surface area contributed by atoms with Crippen molar-refractivity contribution < 1.29 is 9.59 Å². The molecule has 0 fully saturated rings. The summed E-state index contributed by atoms with van der Waals surface area (Å²) in [6.45, 7) is 3.32. The molecule has 0 aliphatic rings. The molecule has 0 saturated carbocycles. The molecular weight excluding hydrogens is 347 g/mol. The van der Waals surface area contributed by atoms with Gasteiger partial charge in [-0.25, -0.2) is 0 Å². The van der Waals surface area contributed by atoms with Crippen molar-refractivity contribution in [2.45, 2.75) is 26.3 Å². The van der Waals surface area contributed by atoms with Crippen LogP contribution in [0.15, 0.2) is 42.5 Å². The van der Waals surface area contributed by atoms with Crippen LogP contribution in [0.3, 0.4) is 0 Å². The van der Waals surface area contributed by atoms with E-state index in [2.05, 4.69) is 10.6 Å². The molecule has 0 radical (unpaired) electrons. The Labute approximate surface area is 151 Å². The predicted molar refractivity (Wildman–Crippen MR) is 97.5 cm³/mol. The maximum absolute atomic E-state index is 12.2. The fraction of sp³-hybridized carbons (Fsp3) is 0.222. The van der Waals surface area contributed by atoms with Crippen LogP contribution in [0.4, 0.5) is 5.69 Å². The number of nitrogens with one attached hydrogen (secondary N) is 2. The van der Waals surface area contributed by atoms with Gasteiger partial charge in [0.1, 0.15) is 0 Å². The zero-order chi connectivity index (χ0) is 17.7. The smallest absolute Gasteiger partial charge is 0.224 e. The van der Waals surface area contributed by atoms with E-state index < -0.39 is 0 Å². The molecule has 2 aromatic rings. The lowest BCUT2D eigenvalue weighted by Gasteiger charge is -2.16. The lowest BCUT2D eigenvalue weighted by Crippen LogP contribution is -2.28. The first-order valence-corrected chi connectivity index (χ1v) is 8.21. The van der Waals surface area contributed by atoms with Gasteiger partial charge in [0.25, 0.3) is 0 Å². The van der Waals surface area contributed by atoms with Gasteiger partial charge >= 0.3 is 0 Å². The minimum Gasteiger partial charge on any atom is -0.349 e. The van der Waals surface area contributed by atoms with Crippen LogP contribution in [0.5, 0.6) is 0 Å². The molecule has 1 atom stereocenters. The van der Waals surface area contributed by atoms with Crippen LogP contribution in [0.1, 0.15) is 31.0 Å². The average molecular weight is 365 g/mol. The van der Waals surface area contributed by atoms with Crippen LogP contribution in [-0.4, -0.2) is 11.8 Å². The molecule has 24 heavy (non-hydrogen) atoms. The summed E-state index contributed by atoms with van der Waals surface area (Å²) in [5, 5.41) is 6.68. The Morgan fingerprint density at radius 1 is 1.08 bits per heavy atom. The first-order valence-electron chi connectivity index (χ1n) is 7.46. The van der Waals surface area contributed by atoms with E-state index in [0.717, 1.165) is 11.1 Å². The third-order valence-corrected chi connectivity index (χ3v) is 4.01. The van der Waals surface area contributed by atoms with Crippen LogP contribution >= 0.6 is 23.2 Å². The molecule has 0 heterocycles. The van der Waals surface area contributed by atoms with E-state index in [1.165, 1.54) is 6.92 Å². The second-order valence-electron chi connectivity index (χ2n) is 5.51. The van der Waals surface area contributed by atoms with Crippen molar-refractivity contribution in [2.75, 3.05) is 5.32 Å². The van der Waals surface area contributed by atoms with Gasteiger partial charge in [-0.3, -0.25) is 9.59 Å². The summed E-state index contributed by atoms with van der Waals surface area (Å²) < 4.78 is 0. The summed E-state index contributed by atoms with van der Waals surface area (Å²) in [6, 6.07) is 12.1. The Balaban J connectivity index is 1.96. The maximum atomic E-state index is 12.2. The van der Waals surface area contributed by atoms with Gasteiger partial charge < -0.3 is 10.6 Å². The minimum atomic E-state index is -0.221. The maximum Gasteiger partial charge on any atom is 0.224 e. The molecule has 2 aromatic carbocycles. The summed E-state index contributed by atoms with van der Waals surface area (Å²) in [7, 11) is 0. The number of anilines is 1. The monoisotopic (exact) mass is 364 g/mol. The standard InChI is InChI=1S/C18H18Cl2N2O2/c1-11(16-8-5-14(19)10-17(16)20)21-18(24)9-13-3-6-15(7-4-13)22-12(2)23/h3-8,10-11H,9H2,1-2H3,(H,21,24)(H,22,23)/t11-/m1/s1. The van der Waals surface area contributed by atoms with Crippen molar-refractivity contribution in [1.82, 2.24) is 5.32 Å². The number of carbonyl (C=O) groups is 2. The molecule has 0 aliphatic heterocycles. The van der Waals surface area contributed by atoms with Gasteiger partial charge in [-0.1, -0.05) is 41.4 Å². The molecule has 2 rings (SSSR count). The van der Waals surface area contributed by atoms with Crippen molar-refractivity contribution in [3.63, 3.8) is 0 Å². The summed E-state index contributed by atoms with van der Waals surface area (Å²) >= 11 is 12.0. The van der Waals surface area contributed by atoms with Crippen LogP contribution < -0.4 is 10.6 Å². The highest BCUT2D eigenvalue weighted by Crippen LogP contribution is 2.26. The van der Waals surface area contributed by atoms with Gasteiger partial charge in [-0.15, -0.1) is 0 Å². The molecular formula is C18H18Cl2N2O2. The van der Waals surface area contributed by atoms with Crippen LogP contribution in [0, 0.1) is 0 Å². The number of carbonyl (C=O) groups excluding carboxylic acids is 2. The third-order valence-electron chi connectivity index (χ3n) is 3.45. The molecule has 4 nitrogen and oxygen atoms in total. The van der Waals surface area contributed by atoms with E-state index in [9.17, 15) is 9.59 Å². The number of halogens is 2. The summed E-state index contributed by atoms with van der Waals surface area (Å²) in [5.41, 5.74) is 2.37. The Kier molecular flexibility index (Phi) is 6.23. The fourth-order valence-electron chi connectivity index (χ4n) is 2.32.